The zero-order valence-corrected chi connectivity index (χ0v) is 13.3. The quantitative estimate of drug-likeness (QED) is 0.606. The molecule has 1 aliphatic rings. The molecular weight excluding hydrogens is 260 g/mol. The van der Waals surface area contributed by atoms with Crippen molar-refractivity contribution in [2.75, 3.05) is 25.4 Å². The lowest BCUT2D eigenvalue weighted by Crippen LogP contribution is -2.31. The highest BCUT2D eigenvalue weighted by molar-refractivity contribution is 7.89. The second kappa shape index (κ2) is 8.93. The van der Waals surface area contributed by atoms with Crippen LogP contribution in [0.5, 0.6) is 0 Å². The molecule has 2 atom stereocenters. The van der Waals surface area contributed by atoms with Crippen LogP contribution in [0, 0.1) is 11.8 Å². The van der Waals surface area contributed by atoms with Gasteiger partial charge in [-0.05, 0) is 57.0 Å². The Morgan fingerprint density at radius 3 is 2.58 bits per heavy atom. The second-order valence-electron chi connectivity index (χ2n) is 5.91. The van der Waals surface area contributed by atoms with Crippen LogP contribution in [0.4, 0.5) is 0 Å². The maximum Gasteiger partial charge on any atom is 0.211 e. The van der Waals surface area contributed by atoms with Crippen molar-refractivity contribution in [3.63, 3.8) is 0 Å². The van der Waals surface area contributed by atoms with Gasteiger partial charge < -0.3 is 5.32 Å². The van der Waals surface area contributed by atoms with Gasteiger partial charge in [-0.15, -0.1) is 0 Å². The smallest absolute Gasteiger partial charge is 0.211 e. The van der Waals surface area contributed by atoms with Crippen LogP contribution in [0.15, 0.2) is 0 Å². The van der Waals surface area contributed by atoms with E-state index in [1.165, 1.54) is 19.3 Å². The number of rotatable bonds is 10. The summed E-state index contributed by atoms with van der Waals surface area (Å²) in [7, 11) is -3.06. The highest BCUT2D eigenvalue weighted by Gasteiger charge is 2.22. The summed E-state index contributed by atoms with van der Waals surface area (Å²) < 4.78 is 26.4. The van der Waals surface area contributed by atoms with E-state index < -0.39 is 10.0 Å². The molecule has 4 nitrogen and oxygen atoms in total. The Balaban J connectivity index is 2.07. The Hall–Kier alpha value is -0.130. The molecule has 0 heterocycles. The molecule has 0 radical (unpaired) electrons. The molecule has 0 aliphatic heterocycles. The molecule has 2 N–H and O–H groups in total. The average molecular weight is 290 g/mol. The summed E-state index contributed by atoms with van der Waals surface area (Å²) in [5.41, 5.74) is 0. The standard InChI is InChI=1S/C14H30N2O2S/c1-3-8-15-9-4-5-10-19(17,18)16-12-14-7-6-13(2)11-14/h13-16H,3-12H2,1-2H3. The van der Waals surface area contributed by atoms with Crippen LogP contribution in [-0.4, -0.2) is 33.8 Å². The minimum Gasteiger partial charge on any atom is -0.317 e. The lowest BCUT2D eigenvalue weighted by molar-refractivity contribution is 0.497. The number of hydrogen-bond acceptors (Lipinski definition) is 3. The zero-order chi connectivity index (χ0) is 14.1. The van der Waals surface area contributed by atoms with E-state index in [0.29, 0.717) is 12.5 Å². The minimum absolute atomic E-state index is 0.267. The highest BCUT2D eigenvalue weighted by atomic mass is 32.2. The van der Waals surface area contributed by atoms with Crippen molar-refractivity contribution in [3.8, 4) is 0 Å². The molecule has 114 valence electrons. The van der Waals surface area contributed by atoms with E-state index in [2.05, 4.69) is 23.9 Å². The third-order valence-corrected chi connectivity index (χ3v) is 5.27. The van der Waals surface area contributed by atoms with E-state index in [4.69, 9.17) is 0 Å². The van der Waals surface area contributed by atoms with Crippen LogP contribution in [0.25, 0.3) is 0 Å². The largest absolute Gasteiger partial charge is 0.317 e. The molecular formula is C14H30N2O2S. The van der Waals surface area contributed by atoms with Crippen molar-refractivity contribution in [2.24, 2.45) is 11.8 Å². The zero-order valence-electron chi connectivity index (χ0n) is 12.5. The summed E-state index contributed by atoms with van der Waals surface area (Å²) in [5.74, 6) is 1.58. The SMILES string of the molecule is CCCNCCCCS(=O)(=O)NCC1CCC(C)C1. The predicted octanol–water partition coefficient (Wildman–Crippen LogP) is 2.12. The molecule has 5 heteroatoms. The molecule has 1 saturated carbocycles. The number of nitrogens with one attached hydrogen (secondary N) is 2. The number of sulfonamides is 1. The maximum absolute atomic E-state index is 11.8. The molecule has 0 aromatic rings. The van der Waals surface area contributed by atoms with Crippen molar-refractivity contribution in [2.45, 2.75) is 52.4 Å². The van der Waals surface area contributed by atoms with Gasteiger partial charge in [0.25, 0.3) is 0 Å². The fourth-order valence-corrected chi connectivity index (χ4v) is 3.89. The van der Waals surface area contributed by atoms with E-state index in [0.717, 1.165) is 38.3 Å². The van der Waals surface area contributed by atoms with E-state index >= 15 is 0 Å². The molecule has 0 saturated heterocycles. The van der Waals surface area contributed by atoms with Crippen molar-refractivity contribution in [3.05, 3.63) is 0 Å². The molecule has 1 rings (SSSR count). The van der Waals surface area contributed by atoms with Crippen LogP contribution in [-0.2, 0) is 10.0 Å². The fraction of sp³-hybridized carbons (Fsp3) is 1.00. The van der Waals surface area contributed by atoms with E-state index in [1.807, 2.05) is 0 Å². The molecule has 0 aromatic heterocycles. The van der Waals surface area contributed by atoms with Crippen molar-refractivity contribution in [1.29, 1.82) is 0 Å². The van der Waals surface area contributed by atoms with Gasteiger partial charge in [0.2, 0.25) is 10.0 Å². The Morgan fingerprint density at radius 2 is 1.95 bits per heavy atom. The molecule has 0 bridgehead atoms. The molecule has 1 aliphatic carbocycles. The Labute approximate surface area is 118 Å². The average Bonchev–Trinajstić information content (AvgIpc) is 2.77. The van der Waals surface area contributed by atoms with Crippen LogP contribution in [0.3, 0.4) is 0 Å². The van der Waals surface area contributed by atoms with Crippen LogP contribution >= 0.6 is 0 Å². The second-order valence-corrected chi connectivity index (χ2v) is 7.84. The minimum atomic E-state index is -3.06. The first-order chi connectivity index (χ1) is 9.03. The van der Waals surface area contributed by atoms with Crippen molar-refractivity contribution in [1.82, 2.24) is 10.0 Å². The van der Waals surface area contributed by atoms with Gasteiger partial charge in [0.05, 0.1) is 5.75 Å². The molecule has 1 fully saturated rings. The van der Waals surface area contributed by atoms with Crippen molar-refractivity contribution >= 4 is 10.0 Å². The summed E-state index contributed by atoms with van der Waals surface area (Å²) >= 11 is 0. The molecule has 0 spiro atoms. The van der Waals surface area contributed by atoms with Crippen molar-refractivity contribution < 1.29 is 8.42 Å². The number of hydrogen-bond donors (Lipinski definition) is 2. The van der Waals surface area contributed by atoms with Gasteiger partial charge in [0.1, 0.15) is 0 Å². The summed E-state index contributed by atoms with van der Waals surface area (Å²) in [6.07, 6.45) is 6.39. The monoisotopic (exact) mass is 290 g/mol. The predicted molar refractivity (Wildman–Crippen MR) is 80.7 cm³/mol. The summed E-state index contributed by atoms with van der Waals surface area (Å²) in [6.45, 7) is 6.96. The first-order valence-electron chi connectivity index (χ1n) is 7.71. The molecule has 0 aromatic carbocycles. The topological polar surface area (TPSA) is 58.2 Å². The summed E-state index contributed by atoms with van der Waals surface area (Å²) in [6, 6.07) is 0. The molecule has 19 heavy (non-hydrogen) atoms. The van der Waals surface area contributed by atoms with Gasteiger partial charge >= 0.3 is 0 Å². The summed E-state index contributed by atoms with van der Waals surface area (Å²) in [5, 5.41) is 3.29. The van der Waals surface area contributed by atoms with Gasteiger partial charge in [-0.25, -0.2) is 13.1 Å². The van der Waals surface area contributed by atoms with E-state index in [-0.39, 0.29) is 5.75 Å². The number of unbranched alkanes of at least 4 members (excludes halogenated alkanes) is 1. The highest BCUT2D eigenvalue weighted by Crippen LogP contribution is 2.29. The lowest BCUT2D eigenvalue weighted by Gasteiger charge is -2.11. The van der Waals surface area contributed by atoms with E-state index in [1.54, 1.807) is 0 Å². The Bertz CT molecular complexity index is 330. The van der Waals surface area contributed by atoms with E-state index in [9.17, 15) is 8.42 Å². The van der Waals surface area contributed by atoms with Crippen LogP contribution in [0.2, 0.25) is 0 Å². The molecule has 2 unspecified atom stereocenters. The van der Waals surface area contributed by atoms with Gasteiger partial charge in [-0.3, -0.25) is 0 Å². The van der Waals surface area contributed by atoms with Crippen LogP contribution < -0.4 is 10.0 Å². The summed E-state index contributed by atoms with van der Waals surface area (Å²) in [4.78, 5) is 0. The van der Waals surface area contributed by atoms with Gasteiger partial charge in [-0.1, -0.05) is 20.3 Å². The van der Waals surface area contributed by atoms with Gasteiger partial charge in [-0.2, -0.15) is 0 Å². The Morgan fingerprint density at radius 1 is 1.16 bits per heavy atom. The van der Waals surface area contributed by atoms with Gasteiger partial charge in [0, 0.05) is 6.54 Å². The Kier molecular flexibility index (Phi) is 7.95. The first kappa shape index (κ1) is 16.9. The fourth-order valence-electron chi connectivity index (χ4n) is 2.67. The maximum atomic E-state index is 11.8. The lowest BCUT2D eigenvalue weighted by atomic mass is 10.1. The third-order valence-electron chi connectivity index (χ3n) is 3.84. The third kappa shape index (κ3) is 7.90. The normalized spacial score (nSPS) is 23.9. The first-order valence-corrected chi connectivity index (χ1v) is 9.36. The van der Waals surface area contributed by atoms with Crippen LogP contribution in [0.1, 0.15) is 52.4 Å². The van der Waals surface area contributed by atoms with Gasteiger partial charge in [0.15, 0.2) is 0 Å². The molecule has 0 amide bonds.